The minimum Gasteiger partial charge on any atom is -0.506 e. The molecule has 36 heavy (non-hydrogen) atoms. The van der Waals surface area contributed by atoms with Crippen molar-refractivity contribution in [3.63, 3.8) is 0 Å². The van der Waals surface area contributed by atoms with E-state index in [0.29, 0.717) is 22.2 Å². The monoisotopic (exact) mass is 486 g/mol. The van der Waals surface area contributed by atoms with Crippen molar-refractivity contribution in [3.05, 3.63) is 47.5 Å². The maximum atomic E-state index is 9.60. The highest BCUT2D eigenvalue weighted by molar-refractivity contribution is 5.56. The van der Waals surface area contributed by atoms with Gasteiger partial charge in [0, 0.05) is 0 Å². The van der Waals surface area contributed by atoms with Gasteiger partial charge in [-0.25, -0.2) is 0 Å². The van der Waals surface area contributed by atoms with Gasteiger partial charge in [0.25, 0.3) is 0 Å². The Labute approximate surface area is 215 Å². The van der Waals surface area contributed by atoms with Gasteiger partial charge in [-0.05, 0) is 159 Å². The Bertz CT molecular complexity index is 1010. The van der Waals surface area contributed by atoms with E-state index in [1.54, 1.807) is 12.1 Å². The van der Waals surface area contributed by atoms with Crippen molar-refractivity contribution in [3.8, 4) is 11.5 Å². The van der Waals surface area contributed by atoms with E-state index in [2.05, 4.69) is 12.1 Å². The highest BCUT2D eigenvalue weighted by Crippen LogP contribution is 2.62. The van der Waals surface area contributed by atoms with Crippen molar-refractivity contribution in [2.24, 2.45) is 35.5 Å². The number of hydrogen-bond acceptors (Lipinski definition) is 4. The molecule has 4 heteroatoms. The molecule has 6 N–H and O–H groups in total. The predicted octanol–water partition coefficient (Wildman–Crippen LogP) is 6.88. The minimum absolute atomic E-state index is 0.225. The van der Waals surface area contributed by atoms with Gasteiger partial charge in [0.2, 0.25) is 0 Å². The maximum absolute atomic E-state index is 9.60. The molecule has 8 aliphatic rings. The zero-order valence-electron chi connectivity index (χ0n) is 21.5. The third-order valence-electron chi connectivity index (χ3n) is 11.4. The molecule has 0 radical (unpaired) electrons. The van der Waals surface area contributed by atoms with E-state index in [1.165, 1.54) is 88.2 Å². The van der Waals surface area contributed by atoms with E-state index in [1.807, 2.05) is 12.1 Å². The Balaban J connectivity index is 0.000000122. The first-order chi connectivity index (χ1) is 17.3. The summed E-state index contributed by atoms with van der Waals surface area (Å²) >= 11 is 0. The average molecular weight is 487 g/mol. The smallest absolute Gasteiger partial charge is 0.138 e. The van der Waals surface area contributed by atoms with Crippen LogP contribution in [-0.4, -0.2) is 10.2 Å². The van der Waals surface area contributed by atoms with Crippen molar-refractivity contribution in [1.82, 2.24) is 0 Å². The standard InChI is InChI=1S/2C16H21NO/c2*17-14-6-13(1-2-15(14)18)16-7-10-3-11(8-16)5-12(4-10)9-16/h2*1-2,6,10-12,18H,3-5,7-9,17H2. The number of rotatable bonds is 2. The van der Waals surface area contributed by atoms with Gasteiger partial charge in [-0.3, -0.25) is 0 Å². The first-order valence-electron chi connectivity index (χ1n) is 14.5. The van der Waals surface area contributed by atoms with Gasteiger partial charge >= 0.3 is 0 Å². The predicted molar refractivity (Wildman–Crippen MR) is 145 cm³/mol. The van der Waals surface area contributed by atoms with Crippen LogP contribution in [0.2, 0.25) is 0 Å². The van der Waals surface area contributed by atoms with Crippen molar-refractivity contribution >= 4 is 11.4 Å². The van der Waals surface area contributed by atoms with Crippen molar-refractivity contribution in [2.45, 2.75) is 87.9 Å². The second-order valence-corrected chi connectivity index (χ2v) is 13.9. The highest BCUT2D eigenvalue weighted by Gasteiger charge is 2.52. The Morgan fingerprint density at radius 3 is 1.03 bits per heavy atom. The van der Waals surface area contributed by atoms with Crippen LogP contribution in [0.5, 0.6) is 11.5 Å². The molecule has 0 unspecified atom stereocenters. The summed E-state index contributed by atoms with van der Waals surface area (Å²) in [6.45, 7) is 0. The number of benzene rings is 2. The fourth-order valence-corrected chi connectivity index (χ4v) is 10.7. The molecule has 8 aliphatic carbocycles. The van der Waals surface area contributed by atoms with Gasteiger partial charge in [-0.15, -0.1) is 0 Å². The molecule has 0 aliphatic heterocycles. The second-order valence-electron chi connectivity index (χ2n) is 13.9. The normalized spacial score (nSPS) is 41.2. The molecular weight excluding hydrogens is 444 g/mol. The third kappa shape index (κ3) is 3.70. The van der Waals surface area contributed by atoms with E-state index in [9.17, 15) is 10.2 Å². The van der Waals surface area contributed by atoms with Crippen LogP contribution in [0.25, 0.3) is 0 Å². The summed E-state index contributed by atoms with van der Waals surface area (Å²) in [4.78, 5) is 0. The zero-order valence-corrected chi connectivity index (χ0v) is 21.5. The van der Waals surface area contributed by atoms with Gasteiger partial charge in [0.15, 0.2) is 0 Å². The number of nitrogen functional groups attached to an aromatic ring is 2. The van der Waals surface area contributed by atoms with Crippen LogP contribution in [0, 0.1) is 35.5 Å². The van der Waals surface area contributed by atoms with Gasteiger partial charge in [-0.1, -0.05) is 12.1 Å². The molecule has 10 rings (SSSR count). The zero-order chi connectivity index (χ0) is 24.7. The number of aromatic hydroxyl groups is 2. The van der Waals surface area contributed by atoms with Crippen LogP contribution < -0.4 is 11.5 Å². The summed E-state index contributed by atoms with van der Waals surface area (Å²) < 4.78 is 0. The van der Waals surface area contributed by atoms with E-state index < -0.39 is 0 Å². The van der Waals surface area contributed by atoms with Gasteiger partial charge in [0.1, 0.15) is 11.5 Å². The molecule has 8 bridgehead atoms. The largest absolute Gasteiger partial charge is 0.506 e. The molecule has 0 amide bonds. The van der Waals surface area contributed by atoms with Crippen LogP contribution in [0.15, 0.2) is 36.4 Å². The molecular formula is C32H42N2O2. The lowest BCUT2D eigenvalue weighted by atomic mass is 9.48. The summed E-state index contributed by atoms with van der Waals surface area (Å²) in [6, 6.07) is 11.8. The lowest BCUT2D eigenvalue weighted by Crippen LogP contribution is -2.48. The second kappa shape index (κ2) is 8.07. The SMILES string of the molecule is Nc1cc(C23CC4CC(CC(C4)C2)C3)ccc1O.Nc1cc(C23CC4CC(CC(C4)C2)C3)ccc1O. The molecule has 0 spiro atoms. The van der Waals surface area contributed by atoms with E-state index in [-0.39, 0.29) is 11.5 Å². The van der Waals surface area contributed by atoms with Crippen LogP contribution in [0.3, 0.4) is 0 Å². The summed E-state index contributed by atoms with van der Waals surface area (Å²) in [7, 11) is 0. The number of nitrogens with two attached hydrogens (primary N) is 2. The molecule has 192 valence electrons. The fourth-order valence-electron chi connectivity index (χ4n) is 10.7. The number of hydrogen-bond donors (Lipinski definition) is 4. The Hall–Kier alpha value is -2.36. The van der Waals surface area contributed by atoms with Gasteiger partial charge in [-0.2, -0.15) is 0 Å². The first kappa shape index (κ1) is 22.8. The lowest BCUT2D eigenvalue weighted by molar-refractivity contribution is -0.00529. The average Bonchev–Trinajstić information content (AvgIpc) is 2.81. The van der Waals surface area contributed by atoms with Crippen molar-refractivity contribution in [2.75, 3.05) is 11.5 Å². The Morgan fingerprint density at radius 1 is 0.500 bits per heavy atom. The van der Waals surface area contributed by atoms with E-state index in [0.717, 1.165) is 35.5 Å². The Morgan fingerprint density at radius 2 is 0.778 bits per heavy atom. The number of anilines is 2. The topological polar surface area (TPSA) is 92.5 Å². The quantitative estimate of drug-likeness (QED) is 0.275. The van der Waals surface area contributed by atoms with Gasteiger partial charge < -0.3 is 21.7 Å². The number of phenols is 2. The van der Waals surface area contributed by atoms with Crippen LogP contribution >= 0.6 is 0 Å². The molecule has 0 heterocycles. The molecule has 2 aromatic rings. The highest BCUT2D eigenvalue weighted by atomic mass is 16.3. The molecule has 0 atom stereocenters. The van der Waals surface area contributed by atoms with Crippen LogP contribution in [-0.2, 0) is 10.8 Å². The lowest BCUT2D eigenvalue weighted by Gasteiger charge is -2.57. The molecule has 8 fully saturated rings. The maximum Gasteiger partial charge on any atom is 0.138 e. The molecule has 8 saturated carbocycles. The van der Waals surface area contributed by atoms with Crippen molar-refractivity contribution in [1.29, 1.82) is 0 Å². The van der Waals surface area contributed by atoms with Crippen molar-refractivity contribution < 1.29 is 10.2 Å². The van der Waals surface area contributed by atoms with Crippen LogP contribution in [0.4, 0.5) is 11.4 Å². The summed E-state index contributed by atoms with van der Waals surface area (Å²) in [5, 5.41) is 19.2. The van der Waals surface area contributed by atoms with Gasteiger partial charge in [0.05, 0.1) is 11.4 Å². The van der Waals surface area contributed by atoms with E-state index in [4.69, 9.17) is 11.5 Å². The third-order valence-corrected chi connectivity index (χ3v) is 11.4. The first-order valence-corrected chi connectivity index (χ1v) is 14.5. The molecule has 0 aromatic heterocycles. The molecule has 0 saturated heterocycles. The summed E-state index contributed by atoms with van der Waals surface area (Å²) in [6.07, 6.45) is 16.9. The molecule has 4 nitrogen and oxygen atoms in total. The van der Waals surface area contributed by atoms with Crippen LogP contribution in [0.1, 0.15) is 88.2 Å². The Kier molecular flexibility index (Phi) is 5.11. The molecule has 2 aromatic carbocycles. The minimum atomic E-state index is 0.225. The fraction of sp³-hybridized carbons (Fsp3) is 0.625. The number of phenolic OH excluding ortho intramolecular Hbond substituents is 2. The summed E-state index contributed by atoms with van der Waals surface area (Å²) in [5.74, 6) is 6.15. The van der Waals surface area contributed by atoms with E-state index >= 15 is 0 Å². The summed E-state index contributed by atoms with van der Waals surface area (Å²) in [5.41, 5.74) is 16.4.